The Morgan fingerprint density at radius 3 is 2.62 bits per heavy atom. The lowest BCUT2D eigenvalue weighted by molar-refractivity contribution is 0.640. The molecule has 0 radical (unpaired) electrons. The molecule has 26 heavy (non-hydrogen) atoms. The Morgan fingerprint density at radius 2 is 1.88 bits per heavy atom. The Balaban J connectivity index is 1.77. The van der Waals surface area contributed by atoms with Gasteiger partial charge in [0, 0.05) is 23.8 Å². The molecule has 0 amide bonds. The molecule has 1 aromatic heterocycles. The highest BCUT2D eigenvalue weighted by molar-refractivity contribution is 7.19. The van der Waals surface area contributed by atoms with Gasteiger partial charge >= 0.3 is 0 Å². The largest absolute Gasteiger partial charge is 0.347 e. The summed E-state index contributed by atoms with van der Waals surface area (Å²) in [6.07, 6.45) is 3.96. The third-order valence-corrected chi connectivity index (χ3v) is 6.06. The minimum absolute atomic E-state index is 0.101. The predicted molar refractivity (Wildman–Crippen MR) is 109 cm³/mol. The molecule has 1 aliphatic rings. The van der Waals surface area contributed by atoms with Gasteiger partial charge in [-0.1, -0.05) is 44.2 Å². The van der Waals surface area contributed by atoms with Crippen LogP contribution in [-0.4, -0.2) is 12.0 Å². The Hall–Kier alpha value is -2.90. The van der Waals surface area contributed by atoms with Gasteiger partial charge in [-0.25, -0.2) is 4.98 Å². The molecule has 4 heteroatoms. The highest BCUT2D eigenvalue weighted by atomic mass is 32.1. The molecule has 4 rings (SSSR count). The van der Waals surface area contributed by atoms with Crippen LogP contribution in [0.2, 0.25) is 0 Å². The van der Waals surface area contributed by atoms with E-state index in [0.29, 0.717) is 5.57 Å². The number of hydrogen-bond acceptors (Lipinski definition) is 4. The first-order valence-electron chi connectivity index (χ1n) is 8.54. The van der Waals surface area contributed by atoms with Crippen LogP contribution in [0.4, 0.5) is 5.69 Å². The van der Waals surface area contributed by atoms with E-state index in [2.05, 4.69) is 67.2 Å². The average Bonchev–Trinajstić information content (AvgIpc) is 3.15. The molecule has 2 heterocycles. The first kappa shape index (κ1) is 16.6. The van der Waals surface area contributed by atoms with E-state index in [9.17, 15) is 5.26 Å². The molecule has 3 nitrogen and oxygen atoms in total. The molecule has 0 N–H and O–H groups in total. The van der Waals surface area contributed by atoms with Gasteiger partial charge in [-0.15, -0.1) is 11.3 Å². The van der Waals surface area contributed by atoms with Crippen LogP contribution in [0, 0.1) is 11.3 Å². The number of benzene rings is 2. The number of nitriles is 1. The van der Waals surface area contributed by atoms with Crippen molar-refractivity contribution >= 4 is 32.8 Å². The van der Waals surface area contributed by atoms with Gasteiger partial charge in [-0.3, -0.25) is 0 Å². The number of likely N-dealkylation sites (N-methyl/N-ethyl adjacent to an activating group) is 1. The molecule has 0 atom stereocenters. The van der Waals surface area contributed by atoms with Crippen molar-refractivity contribution in [1.82, 2.24) is 4.98 Å². The van der Waals surface area contributed by atoms with Crippen molar-refractivity contribution in [3.63, 3.8) is 0 Å². The highest BCUT2D eigenvalue weighted by Gasteiger charge is 2.37. The van der Waals surface area contributed by atoms with E-state index in [1.807, 2.05) is 30.3 Å². The second-order valence-electron chi connectivity index (χ2n) is 6.93. The summed E-state index contributed by atoms with van der Waals surface area (Å²) in [5.74, 6) is 0. The maximum Gasteiger partial charge on any atom is 0.135 e. The molecular formula is C22H19N3S. The highest BCUT2D eigenvalue weighted by Crippen LogP contribution is 2.46. The molecule has 0 spiro atoms. The zero-order valence-corrected chi connectivity index (χ0v) is 15.8. The van der Waals surface area contributed by atoms with Gasteiger partial charge in [0.1, 0.15) is 11.1 Å². The quantitative estimate of drug-likeness (QED) is 0.567. The zero-order valence-electron chi connectivity index (χ0n) is 15.0. The number of anilines is 1. The molecule has 0 aliphatic carbocycles. The average molecular weight is 357 g/mol. The number of nitrogens with zero attached hydrogens (tertiary/aromatic N) is 3. The fraction of sp³-hybridized carbons (Fsp3) is 0.182. The fourth-order valence-electron chi connectivity index (χ4n) is 3.61. The molecular weight excluding hydrogens is 338 g/mol. The standard InChI is InChI=1S/C22H19N3S/c1-22(2)16-8-4-6-10-18(16)25(3)20(22)13-12-15(14-23)21-24-17-9-5-7-11-19(17)26-21/h4-13H,1-3H3/b15-12-,20-13+. The van der Waals surface area contributed by atoms with Crippen molar-refractivity contribution in [1.29, 1.82) is 5.26 Å². The summed E-state index contributed by atoms with van der Waals surface area (Å²) in [5.41, 5.74) is 5.13. The van der Waals surface area contributed by atoms with E-state index in [1.54, 1.807) is 11.3 Å². The minimum atomic E-state index is -0.101. The van der Waals surface area contributed by atoms with Crippen LogP contribution >= 0.6 is 11.3 Å². The summed E-state index contributed by atoms with van der Waals surface area (Å²) in [6.45, 7) is 4.44. The monoisotopic (exact) mass is 357 g/mol. The summed E-state index contributed by atoms with van der Waals surface area (Å²) in [6, 6.07) is 18.7. The van der Waals surface area contributed by atoms with E-state index in [-0.39, 0.29) is 5.41 Å². The second kappa shape index (κ2) is 6.12. The van der Waals surface area contributed by atoms with E-state index >= 15 is 0 Å². The van der Waals surface area contributed by atoms with Gasteiger partial charge in [-0.05, 0) is 35.9 Å². The zero-order chi connectivity index (χ0) is 18.3. The normalized spacial score (nSPS) is 17.5. The van der Waals surface area contributed by atoms with Crippen LogP contribution in [0.15, 0.2) is 66.4 Å². The third kappa shape index (κ3) is 2.53. The first-order chi connectivity index (χ1) is 12.5. The van der Waals surface area contributed by atoms with Crippen LogP contribution in [0.5, 0.6) is 0 Å². The molecule has 128 valence electrons. The lowest BCUT2D eigenvalue weighted by Crippen LogP contribution is -2.22. The summed E-state index contributed by atoms with van der Waals surface area (Å²) in [4.78, 5) is 6.82. The number of rotatable bonds is 2. The number of fused-ring (bicyclic) bond motifs is 2. The number of para-hydroxylation sites is 2. The lowest BCUT2D eigenvalue weighted by Gasteiger charge is -2.23. The predicted octanol–water partition coefficient (Wildman–Crippen LogP) is 5.51. The summed E-state index contributed by atoms with van der Waals surface area (Å²) in [7, 11) is 2.08. The fourth-order valence-corrected chi connectivity index (χ4v) is 4.55. The molecule has 0 unspecified atom stereocenters. The molecule has 0 fully saturated rings. The van der Waals surface area contributed by atoms with Gasteiger partial charge in [0.05, 0.1) is 15.8 Å². The van der Waals surface area contributed by atoms with Crippen molar-refractivity contribution in [3.8, 4) is 6.07 Å². The summed E-state index contributed by atoms with van der Waals surface area (Å²) in [5, 5.41) is 10.4. The minimum Gasteiger partial charge on any atom is -0.347 e. The maximum absolute atomic E-state index is 9.65. The van der Waals surface area contributed by atoms with Gasteiger partial charge in [0.25, 0.3) is 0 Å². The summed E-state index contributed by atoms with van der Waals surface area (Å²) >= 11 is 1.56. The van der Waals surface area contributed by atoms with Crippen LogP contribution in [0.25, 0.3) is 15.8 Å². The van der Waals surface area contributed by atoms with E-state index < -0.39 is 0 Å². The van der Waals surface area contributed by atoms with E-state index in [0.717, 1.165) is 15.2 Å². The number of thiazole rings is 1. The first-order valence-corrected chi connectivity index (χ1v) is 9.36. The molecule has 0 saturated carbocycles. The Morgan fingerprint density at radius 1 is 1.15 bits per heavy atom. The van der Waals surface area contributed by atoms with Crippen molar-refractivity contribution in [3.05, 3.63) is 77.0 Å². The topological polar surface area (TPSA) is 39.9 Å². The smallest absolute Gasteiger partial charge is 0.135 e. The van der Waals surface area contributed by atoms with Gasteiger partial charge in [0.15, 0.2) is 0 Å². The molecule has 0 bridgehead atoms. The van der Waals surface area contributed by atoms with E-state index in [1.165, 1.54) is 16.9 Å². The number of hydrogen-bond donors (Lipinski definition) is 0. The summed E-state index contributed by atoms with van der Waals surface area (Å²) < 4.78 is 1.10. The molecule has 2 aromatic carbocycles. The van der Waals surface area contributed by atoms with Crippen molar-refractivity contribution in [2.75, 3.05) is 11.9 Å². The number of aromatic nitrogens is 1. The van der Waals surface area contributed by atoms with Crippen molar-refractivity contribution < 1.29 is 0 Å². The number of allylic oxidation sites excluding steroid dienone is 4. The van der Waals surface area contributed by atoms with Gasteiger partial charge in [0.2, 0.25) is 0 Å². The van der Waals surface area contributed by atoms with Gasteiger partial charge in [-0.2, -0.15) is 5.26 Å². The second-order valence-corrected chi connectivity index (χ2v) is 7.96. The van der Waals surface area contributed by atoms with Crippen molar-refractivity contribution in [2.24, 2.45) is 0 Å². The van der Waals surface area contributed by atoms with Gasteiger partial charge < -0.3 is 4.90 Å². The van der Waals surface area contributed by atoms with Crippen molar-refractivity contribution in [2.45, 2.75) is 19.3 Å². The molecule has 1 aliphatic heterocycles. The van der Waals surface area contributed by atoms with E-state index in [4.69, 9.17) is 0 Å². The van der Waals surface area contributed by atoms with Crippen LogP contribution in [0.3, 0.4) is 0 Å². The van der Waals surface area contributed by atoms with Crippen LogP contribution < -0.4 is 4.90 Å². The SMILES string of the molecule is CN1/C(=C/C=C(/C#N)c2nc3ccccc3s2)C(C)(C)c2ccccc21. The molecule has 0 saturated heterocycles. The van der Waals surface area contributed by atoms with Crippen LogP contribution in [-0.2, 0) is 5.41 Å². The molecule has 3 aromatic rings. The maximum atomic E-state index is 9.65. The van der Waals surface area contributed by atoms with Crippen LogP contribution in [0.1, 0.15) is 24.4 Å². The Bertz CT molecular complexity index is 1060. The Labute approximate surface area is 157 Å². The lowest BCUT2D eigenvalue weighted by atomic mass is 9.83. The third-order valence-electron chi connectivity index (χ3n) is 4.99. The Kier molecular flexibility index (Phi) is 3.90.